The molecule has 1 aliphatic heterocycles. The van der Waals surface area contributed by atoms with E-state index < -0.39 is 0 Å². The van der Waals surface area contributed by atoms with Crippen molar-refractivity contribution < 1.29 is 14.3 Å². The van der Waals surface area contributed by atoms with E-state index in [0.717, 1.165) is 29.1 Å². The van der Waals surface area contributed by atoms with Crippen molar-refractivity contribution >= 4 is 34.8 Å². The zero-order valence-electron chi connectivity index (χ0n) is 23.8. The summed E-state index contributed by atoms with van der Waals surface area (Å²) in [6.07, 6.45) is 6.95. The number of carbonyl (C=O) groups excluding carboxylic acids is 2. The van der Waals surface area contributed by atoms with E-state index in [-0.39, 0.29) is 29.4 Å². The number of hydrogen-bond donors (Lipinski definition) is 0. The normalized spacial score (nSPS) is 16.7. The number of amides is 2. The lowest BCUT2D eigenvalue weighted by atomic mass is 9.89. The van der Waals surface area contributed by atoms with Crippen LogP contribution in [-0.4, -0.2) is 34.0 Å². The molecule has 0 N–H and O–H groups in total. The molecule has 1 aromatic heterocycles. The van der Waals surface area contributed by atoms with E-state index in [9.17, 15) is 9.59 Å². The zero-order chi connectivity index (χ0) is 29.1. The van der Waals surface area contributed by atoms with Gasteiger partial charge in [0.2, 0.25) is 5.91 Å². The summed E-state index contributed by atoms with van der Waals surface area (Å²) < 4.78 is 8.08. The fraction of sp³-hybridized carbons (Fsp3) is 0.303. The van der Waals surface area contributed by atoms with Crippen LogP contribution in [0.5, 0.6) is 5.75 Å². The maximum absolute atomic E-state index is 13.9. The molecule has 2 atom stereocenters. The van der Waals surface area contributed by atoms with Crippen LogP contribution in [0.15, 0.2) is 91.5 Å². The van der Waals surface area contributed by atoms with E-state index in [0.29, 0.717) is 23.6 Å². The molecule has 2 heterocycles. The minimum atomic E-state index is -0.216. The van der Waals surface area contributed by atoms with Crippen LogP contribution in [0.2, 0.25) is 5.02 Å². The molecule has 3 aromatic carbocycles. The lowest BCUT2D eigenvalue weighted by Crippen LogP contribution is -2.47. The largest absolute Gasteiger partial charge is 0.494 e. The number of anilines is 2. The number of rotatable bonds is 8. The first-order valence-electron chi connectivity index (χ1n) is 13.8. The third kappa shape index (κ3) is 6.00. The summed E-state index contributed by atoms with van der Waals surface area (Å²) in [7, 11) is 0. The molecule has 0 saturated carbocycles. The topological polar surface area (TPSA) is 67.7 Å². The highest BCUT2D eigenvalue weighted by molar-refractivity contribution is 6.30. The molecule has 8 heteroatoms. The van der Waals surface area contributed by atoms with Crippen molar-refractivity contribution in [2.75, 3.05) is 16.4 Å². The quantitative estimate of drug-likeness (QED) is 0.223. The number of halogens is 1. The zero-order valence-corrected chi connectivity index (χ0v) is 24.6. The number of hydrogen-bond acceptors (Lipinski definition) is 4. The average molecular weight is 571 g/mol. The second kappa shape index (κ2) is 11.8. The van der Waals surface area contributed by atoms with Crippen molar-refractivity contribution in [3.63, 3.8) is 0 Å². The van der Waals surface area contributed by atoms with E-state index in [2.05, 4.69) is 23.4 Å². The summed E-state index contributed by atoms with van der Waals surface area (Å²) >= 11 is 6.11. The molecule has 0 aliphatic carbocycles. The standard InChI is InChI=1S/C33H35ClN4O3/c1-23-21-31(38(24(2)39)27-13-11-26(34)12-14-27)29-7-5-6-8-30(29)37(23)32(40)25-9-15-28(16-10-25)41-20-17-33(3,4)36-19-18-35-22-36/h5-16,18-19,22-23,31H,17,20-21H2,1-4H3. The predicted octanol–water partition coefficient (Wildman–Crippen LogP) is 7.27. The van der Waals surface area contributed by atoms with Gasteiger partial charge in [0, 0.05) is 59.3 Å². The third-order valence-corrected chi connectivity index (χ3v) is 8.07. The number of aromatic nitrogens is 2. The summed E-state index contributed by atoms with van der Waals surface area (Å²) in [5, 5.41) is 0.612. The number of benzene rings is 3. The van der Waals surface area contributed by atoms with Crippen LogP contribution in [0.25, 0.3) is 0 Å². The monoisotopic (exact) mass is 570 g/mol. The maximum Gasteiger partial charge on any atom is 0.258 e. The van der Waals surface area contributed by atoms with Crippen LogP contribution in [0.3, 0.4) is 0 Å². The molecule has 0 saturated heterocycles. The molecule has 212 valence electrons. The highest BCUT2D eigenvalue weighted by Crippen LogP contribution is 2.43. The second-order valence-electron chi connectivity index (χ2n) is 11.1. The Morgan fingerprint density at radius 2 is 1.76 bits per heavy atom. The van der Waals surface area contributed by atoms with Gasteiger partial charge in [0.1, 0.15) is 5.75 Å². The molecule has 1 aliphatic rings. The van der Waals surface area contributed by atoms with Crippen LogP contribution in [0.1, 0.15) is 62.5 Å². The molecule has 0 fully saturated rings. The Balaban J connectivity index is 1.33. The molecule has 7 nitrogen and oxygen atoms in total. The minimum absolute atomic E-state index is 0.0666. The van der Waals surface area contributed by atoms with Gasteiger partial charge in [0.05, 0.1) is 19.0 Å². The summed E-state index contributed by atoms with van der Waals surface area (Å²) in [5.74, 6) is 0.565. The predicted molar refractivity (Wildman–Crippen MR) is 163 cm³/mol. The first-order chi connectivity index (χ1) is 19.7. The first kappa shape index (κ1) is 28.4. The number of carbonyl (C=O) groups is 2. The van der Waals surface area contributed by atoms with E-state index >= 15 is 0 Å². The minimum Gasteiger partial charge on any atom is -0.494 e. The van der Waals surface area contributed by atoms with Gasteiger partial charge in [-0.25, -0.2) is 4.98 Å². The van der Waals surface area contributed by atoms with Crippen LogP contribution in [0, 0.1) is 0 Å². The van der Waals surface area contributed by atoms with Gasteiger partial charge in [-0.15, -0.1) is 0 Å². The molecule has 5 rings (SSSR count). The summed E-state index contributed by atoms with van der Waals surface area (Å²) in [5.41, 5.74) is 2.98. The van der Waals surface area contributed by atoms with Crippen molar-refractivity contribution in [3.05, 3.63) is 108 Å². The van der Waals surface area contributed by atoms with Crippen LogP contribution in [0.4, 0.5) is 11.4 Å². The van der Waals surface area contributed by atoms with Crippen molar-refractivity contribution in [2.45, 2.75) is 58.2 Å². The van der Waals surface area contributed by atoms with Gasteiger partial charge in [0.15, 0.2) is 0 Å². The van der Waals surface area contributed by atoms with Gasteiger partial charge in [-0.3, -0.25) is 9.59 Å². The fourth-order valence-electron chi connectivity index (χ4n) is 5.52. The smallest absolute Gasteiger partial charge is 0.258 e. The van der Waals surface area contributed by atoms with Crippen LogP contribution >= 0.6 is 11.6 Å². The van der Waals surface area contributed by atoms with E-state index in [4.69, 9.17) is 16.3 Å². The molecule has 2 unspecified atom stereocenters. The number of imidazole rings is 1. The summed E-state index contributed by atoms with van der Waals surface area (Å²) in [6.45, 7) is 8.43. The lowest BCUT2D eigenvalue weighted by molar-refractivity contribution is -0.117. The Bertz CT molecular complexity index is 1500. The Morgan fingerprint density at radius 1 is 1.05 bits per heavy atom. The van der Waals surface area contributed by atoms with Crippen LogP contribution < -0.4 is 14.5 Å². The van der Waals surface area contributed by atoms with Gasteiger partial charge in [-0.1, -0.05) is 29.8 Å². The Hall–Kier alpha value is -4.10. The van der Waals surface area contributed by atoms with Crippen molar-refractivity contribution in [1.82, 2.24) is 9.55 Å². The summed E-state index contributed by atoms with van der Waals surface area (Å²) in [4.78, 5) is 34.5. The molecule has 0 bridgehead atoms. The van der Waals surface area contributed by atoms with Gasteiger partial charge in [0.25, 0.3) is 5.91 Å². The van der Waals surface area contributed by atoms with Crippen molar-refractivity contribution in [2.24, 2.45) is 0 Å². The molecule has 2 amide bonds. The lowest BCUT2D eigenvalue weighted by Gasteiger charge is -2.43. The average Bonchev–Trinajstić information content (AvgIpc) is 3.51. The maximum atomic E-state index is 13.9. The third-order valence-electron chi connectivity index (χ3n) is 7.82. The Labute approximate surface area is 246 Å². The highest BCUT2D eigenvalue weighted by Gasteiger charge is 2.38. The number of para-hydroxylation sites is 1. The molecule has 0 radical (unpaired) electrons. The molecular weight excluding hydrogens is 536 g/mol. The van der Waals surface area contributed by atoms with Crippen molar-refractivity contribution in [1.29, 1.82) is 0 Å². The second-order valence-corrected chi connectivity index (χ2v) is 11.5. The number of nitrogens with zero attached hydrogens (tertiary/aromatic N) is 4. The molecular formula is C33H35ClN4O3. The summed E-state index contributed by atoms with van der Waals surface area (Å²) in [6, 6.07) is 22.1. The Morgan fingerprint density at radius 3 is 2.41 bits per heavy atom. The van der Waals surface area contributed by atoms with Crippen molar-refractivity contribution in [3.8, 4) is 5.75 Å². The number of ether oxygens (including phenoxy) is 1. The molecule has 0 spiro atoms. The SMILES string of the molecule is CC(=O)N(c1ccc(Cl)cc1)C1CC(C)N(C(=O)c2ccc(OCCC(C)(C)n3ccnc3)cc2)c2ccccc21. The Kier molecular flexibility index (Phi) is 8.18. The van der Waals surface area contributed by atoms with E-state index in [1.165, 1.54) is 0 Å². The van der Waals surface area contributed by atoms with Gasteiger partial charge in [-0.2, -0.15) is 0 Å². The fourth-order valence-corrected chi connectivity index (χ4v) is 5.64. The first-order valence-corrected chi connectivity index (χ1v) is 14.2. The number of fused-ring (bicyclic) bond motifs is 1. The highest BCUT2D eigenvalue weighted by atomic mass is 35.5. The van der Waals surface area contributed by atoms with Gasteiger partial charge < -0.3 is 19.1 Å². The molecule has 41 heavy (non-hydrogen) atoms. The van der Waals surface area contributed by atoms with Gasteiger partial charge >= 0.3 is 0 Å². The van der Waals surface area contributed by atoms with E-state index in [1.807, 2.05) is 85.0 Å². The van der Waals surface area contributed by atoms with Gasteiger partial charge in [-0.05, 0) is 87.4 Å². The molecule has 4 aromatic rings. The van der Waals surface area contributed by atoms with Crippen LogP contribution in [-0.2, 0) is 10.3 Å². The van der Waals surface area contributed by atoms with E-state index in [1.54, 1.807) is 30.2 Å².